The molecule has 4 atom stereocenters. The number of ether oxygens (including phenoxy) is 3. The van der Waals surface area contributed by atoms with Crippen molar-refractivity contribution in [3.8, 4) is 11.8 Å². The molecule has 0 spiro atoms. The molecule has 0 radical (unpaired) electrons. The zero-order valence-electron chi connectivity index (χ0n) is 20.0. The molecule has 0 amide bonds. The van der Waals surface area contributed by atoms with Crippen molar-refractivity contribution in [3.63, 3.8) is 0 Å². The van der Waals surface area contributed by atoms with E-state index < -0.39 is 53.1 Å². The van der Waals surface area contributed by atoms with Gasteiger partial charge in [0.2, 0.25) is 0 Å². The Labute approximate surface area is 202 Å². The van der Waals surface area contributed by atoms with Crippen molar-refractivity contribution in [1.29, 1.82) is 0 Å². The maximum Gasteiger partial charge on any atom is 0.416 e. The van der Waals surface area contributed by atoms with Crippen LogP contribution in [0.4, 0.5) is 13.2 Å². The Bertz CT molecular complexity index is 1010. The molecule has 1 heterocycles. The molecule has 1 aliphatic heterocycles. The van der Waals surface area contributed by atoms with Gasteiger partial charge in [-0.05, 0) is 38.0 Å². The quantitative estimate of drug-likeness (QED) is 0.236. The Hall–Kier alpha value is -3.32. The topological polar surface area (TPSA) is 82.1 Å². The highest BCUT2D eigenvalue weighted by Gasteiger charge is 2.68. The summed E-state index contributed by atoms with van der Waals surface area (Å²) in [6, 6.07) is 3.11. The Kier molecular flexibility index (Phi) is 9.10. The number of hydrogen-bond donors (Lipinski definition) is 0. The minimum Gasteiger partial charge on any atom is -0.469 e. The first-order valence-electron chi connectivity index (χ1n) is 10.8. The van der Waals surface area contributed by atoms with Crippen molar-refractivity contribution in [3.05, 3.63) is 48.0 Å². The predicted molar refractivity (Wildman–Crippen MR) is 120 cm³/mol. The third-order valence-electron chi connectivity index (χ3n) is 6.08. The Morgan fingerprint density at radius 3 is 2.20 bits per heavy atom. The Morgan fingerprint density at radius 1 is 1.14 bits per heavy atom. The molecule has 4 unspecified atom stereocenters. The second-order valence-electron chi connectivity index (χ2n) is 7.81. The third-order valence-corrected chi connectivity index (χ3v) is 6.08. The molecular formula is C25H28F3NO6. The molecule has 35 heavy (non-hydrogen) atoms. The Balaban J connectivity index is 2.91. The van der Waals surface area contributed by atoms with E-state index in [-0.39, 0.29) is 25.1 Å². The lowest BCUT2D eigenvalue weighted by Crippen LogP contribution is -2.57. The Morgan fingerprint density at radius 2 is 1.74 bits per heavy atom. The lowest BCUT2D eigenvalue weighted by molar-refractivity contribution is -0.168. The van der Waals surface area contributed by atoms with Gasteiger partial charge in [-0.25, -0.2) is 4.79 Å². The zero-order valence-corrected chi connectivity index (χ0v) is 20.0. The van der Waals surface area contributed by atoms with Gasteiger partial charge in [0, 0.05) is 0 Å². The smallest absolute Gasteiger partial charge is 0.416 e. The van der Waals surface area contributed by atoms with Gasteiger partial charge in [0.15, 0.2) is 0 Å². The second kappa shape index (κ2) is 11.4. The zero-order chi connectivity index (χ0) is 26.4. The van der Waals surface area contributed by atoms with Crippen molar-refractivity contribution in [1.82, 2.24) is 4.90 Å². The fourth-order valence-corrected chi connectivity index (χ4v) is 4.68. The molecule has 1 aromatic rings. The SMILES string of the molecule is C=CCC1(C(=O)OCC)C(C(=O)OC)C(C(=O)OC)C(c2ccc(C(F)(F)F)cc2)N1CC#CC. The first-order valence-corrected chi connectivity index (χ1v) is 10.8. The van der Waals surface area contributed by atoms with Crippen LogP contribution < -0.4 is 0 Å². The van der Waals surface area contributed by atoms with E-state index in [9.17, 15) is 27.6 Å². The van der Waals surface area contributed by atoms with Crippen molar-refractivity contribution < 1.29 is 41.8 Å². The summed E-state index contributed by atoms with van der Waals surface area (Å²) >= 11 is 0. The van der Waals surface area contributed by atoms with Gasteiger partial charge in [0.05, 0.1) is 44.9 Å². The van der Waals surface area contributed by atoms with Gasteiger partial charge in [0.1, 0.15) is 11.5 Å². The van der Waals surface area contributed by atoms with Gasteiger partial charge in [0.25, 0.3) is 0 Å². The summed E-state index contributed by atoms with van der Waals surface area (Å²) in [6.07, 6.45) is -3.29. The van der Waals surface area contributed by atoms with Gasteiger partial charge >= 0.3 is 24.1 Å². The van der Waals surface area contributed by atoms with E-state index in [4.69, 9.17) is 14.2 Å². The monoisotopic (exact) mass is 495 g/mol. The van der Waals surface area contributed by atoms with Crippen LogP contribution in [-0.2, 0) is 34.8 Å². The van der Waals surface area contributed by atoms with E-state index in [1.165, 1.54) is 23.1 Å². The lowest BCUT2D eigenvalue weighted by Gasteiger charge is -2.39. The van der Waals surface area contributed by atoms with Crippen molar-refractivity contribution >= 4 is 17.9 Å². The second-order valence-corrected chi connectivity index (χ2v) is 7.81. The van der Waals surface area contributed by atoms with E-state index in [2.05, 4.69) is 18.4 Å². The van der Waals surface area contributed by atoms with Crippen LogP contribution in [-0.4, -0.2) is 55.7 Å². The molecule has 1 aliphatic rings. The molecule has 0 N–H and O–H groups in total. The summed E-state index contributed by atoms with van der Waals surface area (Å²) in [7, 11) is 2.23. The summed E-state index contributed by atoms with van der Waals surface area (Å²) in [5.41, 5.74) is -2.41. The molecule has 0 bridgehead atoms. The standard InChI is InChI=1S/C25H28F3NO6/c1-6-9-15-29-20(16-10-12-17(13-11-16)25(26,27)28)18(21(30)33-4)19(22(31)34-5)24(29,14-7-2)23(32)35-8-3/h7,10-13,18-20H,2,8,14-15H2,1,3-5H3. The number of rotatable bonds is 8. The summed E-state index contributed by atoms with van der Waals surface area (Å²) in [6.45, 7) is 6.74. The normalized spacial score (nSPS) is 24.1. The van der Waals surface area contributed by atoms with E-state index >= 15 is 0 Å². The van der Waals surface area contributed by atoms with E-state index in [0.717, 1.165) is 26.4 Å². The number of alkyl halides is 3. The summed E-state index contributed by atoms with van der Waals surface area (Å²) in [5, 5.41) is 0. The average Bonchev–Trinajstić information content (AvgIpc) is 3.12. The maximum atomic E-state index is 13.5. The summed E-state index contributed by atoms with van der Waals surface area (Å²) in [4.78, 5) is 41.3. The minimum atomic E-state index is -4.57. The molecule has 1 aromatic carbocycles. The number of methoxy groups -OCH3 is 2. The molecule has 2 rings (SSSR count). The highest BCUT2D eigenvalue weighted by Crippen LogP contribution is 2.54. The van der Waals surface area contributed by atoms with E-state index in [1.807, 2.05) is 0 Å². The molecule has 7 nitrogen and oxygen atoms in total. The number of carbonyl (C=O) groups excluding carboxylic acids is 3. The number of likely N-dealkylation sites (tertiary alicyclic amines) is 1. The number of esters is 3. The van der Waals surface area contributed by atoms with Crippen LogP contribution in [0.2, 0.25) is 0 Å². The van der Waals surface area contributed by atoms with Crippen LogP contribution in [0.3, 0.4) is 0 Å². The van der Waals surface area contributed by atoms with E-state index in [0.29, 0.717) is 0 Å². The fraction of sp³-hybridized carbons (Fsp3) is 0.480. The van der Waals surface area contributed by atoms with Crippen molar-refractivity contribution in [2.45, 2.75) is 38.0 Å². The van der Waals surface area contributed by atoms with Gasteiger partial charge in [-0.2, -0.15) is 13.2 Å². The van der Waals surface area contributed by atoms with Crippen LogP contribution in [0.15, 0.2) is 36.9 Å². The fourth-order valence-electron chi connectivity index (χ4n) is 4.68. The summed E-state index contributed by atoms with van der Waals surface area (Å²) < 4.78 is 54.9. The van der Waals surface area contributed by atoms with Gasteiger partial charge < -0.3 is 14.2 Å². The minimum absolute atomic E-state index is 0.0211. The van der Waals surface area contributed by atoms with Crippen LogP contribution in [0, 0.1) is 23.7 Å². The van der Waals surface area contributed by atoms with Gasteiger partial charge in [-0.3, -0.25) is 14.5 Å². The lowest BCUT2D eigenvalue weighted by atomic mass is 9.75. The van der Waals surface area contributed by atoms with Crippen LogP contribution in [0.5, 0.6) is 0 Å². The highest BCUT2D eigenvalue weighted by atomic mass is 19.4. The molecule has 0 saturated carbocycles. The molecule has 1 saturated heterocycles. The molecule has 0 aliphatic carbocycles. The number of benzene rings is 1. The van der Waals surface area contributed by atoms with Crippen LogP contribution in [0.1, 0.15) is 37.4 Å². The van der Waals surface area contributed by atoms with Crippen LogP contribution in [0.25, 0.3) is 0 Å². The van der Waals surface area contributed by atoms with E-state index in [1.54, 1.807) is 13.8 Å². The largest absolute Gasteiger partial charge is 0.469 e. The first-order chi connectivity index (χ1) is 16.5. The summed E-state index contributed by atoms with van der Waals surface area (Å²) in [5.74, 6) is 0.303. The first kappa shape index (κ1) is 27.9. The molecule has 0 aromatic heterocycles. The highest BCUT2D eigenvalue weighted by molar-refractivity contribution is 5.94. The number of halogens is 3. The molecule has 10 heteroatoms. The van der Waals surface area contributed by atoms with Crippen molar-refractivity contribution in [2.24, 2.45) is 11.8 Å². The molecule has 1 fully saturated rings. The molecule has 190 valence electrons. The van der Waals surface area contributed by atoms with Gasteiger partial charge in [-0.15, -0.1) is 12.5 Å². The maximum absolute atomic E-state index is 13.5. The third kappa shape index (κ3) is 5.20. The van der Waals surface area contributed by atoms with Gasteiger partial charge in [-0.1, -0.05) is 24.1 Å². The number of nitrogens with zero attached hydrogens (tertiary/aromatic N) is 1. The predicted octanol–water partition coefficient (Wildman–Crippen LogP) is 3.54. The number of hydrogen-bond acceptors (Lipinski definition) is 7. The van der Waals surface area contributed by atoms with Crippen molar-refractivity contribution in [2.75, 3.05) is 27.4 Å². The average molecular weight is 495 g/mol. The van der Waals surface area contributed by atoms with Crippen LogP contribution >= 0.6 is 0 Å². The number of carbonyl (C=O) groups is 3. The molecular weight excluding hydrogens is 467 g/mol.